The first kappa shape index (κ1) is 15.6. The molecule has 0 spiro atoms. The van der Waals surface area contributed by atoms with E-state index in [1.54, 1.807) is 0 Å². The van der Waals surface area contributed by atoms with Crippen LogP contribution in [0.3, 0.4) is 0 Å². The molecule has 0 saturated carbocycles. The zero-order valence-corrected chi connectivity index (χ0v) is 11.7. The van der Waals surface area contributed by atoms with Crippen LogP contribution in [0.5, 0.6) is 5.75 Å². The van der Waals surface area contributed by atoms with Crippen LogP contribution >= 0.6 is 11.8 Å². The topological polar surface area (TPSA) is 75.6 Å². The van der Waals surface area contributed by atoms with Gasteiger partial charge in [-0.15, -0.1) is 0 Å². The second kappa shape index (κ2) is 6.30. The maximum Gasteiger partial charge on any atom is 0.330 e. The van der Waals surface area contributed by atoms with Crippen molar-refractivity contribution in [2.75, 3.05) is 18.1 Å². The second-order valence-electron chi connectivity index (χ2n) is 4.60. The van der Waals surface area contributed by atoms with Crippen molar-refractivity contribution < 1.29 is 28.2 Å². The molecule has 8 heteroatoms. The molecule has 0 aliphatic carbocycles. The van der Waals surface area contributed by atoms with Crippen LogP contribution in [0.4, 0.5) is 8.78 Å². The van der Waals surface area contributed by atoms with Gasteiger partial charge in [0.05, 0.1) is 0 Å². The number of carboxylic acids is 1. The van der Waals surface area contributed by atoms with E-state index in [1.807, 2.05) is 0 Å². The van der Waals surface area contributed by atoms with Crippen molar-refractivity contribution >= 4 is 23.6 Å². The van der Waals surface area contributed by atoms with Crippen LogP contribution in [-0.4, -0.2) is 40.6 Å². The molecule has 0 radical (unpaired) electrons. The summed E-state index contributed by atoms with van der Waals surface area (Å²) in [6.07, 6.45) is 0.323. The summed E-state index contributed by atoms with van der Waals surface area (Å²) in [5.41, 5.74) is -1.30. The van der Waals surface area contributed by atoms with E-state index >= 15 is 0 Å². The summed E-state index contributed by atoms with van der Waals surface area (Å²) in [6.45, 7) is -0.539. The van der Waals surface area contributed by atoms with Crippen molar-refractivity contribution in [2.24, 2.45) is 0 Å². The lowest BCUT2D eigenvalue weighted by molar-refractivity contribution is -0.146. The fourth-order valence-electron chi connectivity index (χ4n) is 1.92. The molecule has 5 nitrogen and oxygen atoms in total. The Labute approximate surface area is 123 Å². The van der Waals surface area contributed by atoms with Crippen LogP contribution in [0.2, 0.25) is 0 Å². The summed E-state index contributed by atoms with van der Waals surface area (Å²) in [6, 6.07) is 2.71. The Morgan fingerprint density at radius 3 is 2.76 bits per heavy atom. The fraction of sp³-hybridized carbons (Fsp3) is 0.385. The average Bonchev–Trinajstić information content (AvgIpc) is 2.87. The van der Waals surface area contributed by atoms with E-state index in [4.69, 9.17) is 4.74 Å². The summed E-state index contributed by atoms with van der Waals surface area (Å²) in [7, 11) is 0. The molecular formula is C13H13F2NO4S. The molecule has 1 fully saturated rings. The molecule has 2 rings (SSSR count). The predicted molar refractivity (Wildman–Crippen MR) is 72.3 cm³/mol. The van der Waals surface area contributed by atoms with Crippen molar-refractivity contribution in [3.8, 4) is 5.75 Å². The monoisotopic (exact) mass is 317 g/mol. The summed E-state index contributed by atoms with van der Waals surface area (Å²) in [5, 5.41) is 11.6. The smallest absolute Gasteiger partial charge is 0.330 e. The van der Waals surface area contributed by atoms with Crippen molar-refractivity contribution in [1.29, 1.82) is 0 Å². The van der Waals surface area contributed by atoms with Gasteiger partial charge in [0.2, 0.25) is 0 Å². The van der Waals surface area contributed by atoms with Gasteiger partial charge in [-0.05, 0) is 24.3 Å². The molecule has 1 aromatic carbocycles. The van der Waals surface area contributed by atoms with Crippen molar-refractivity contribution in [2.45, 2.75) is 12.0 Å². The van der Waals surface area contributed by atoms with Crippen molar-refractivity contribution in [3.63, 3.8) is 0 Å². The van der Waals surface area contributed by atoms with E-state index in [9.17, 15) is 23.5 Å². The Bertz CT molecular complexity index is 561. The number of thioether (sulfide) groups is 1. The van der Waals surface area contributed by atoms with E-state index in [2.05, 4.69) is 5.32 Å². The quantitative estimate of drug-likeness (QED) is 0.859. The van der Waals surface area contributed by atoms with Crippen LogP contribution in [0.15, 0.2) is 18.2 Å². The van der Waals surface area contributed by atoms with Crippen molar-refractivity contribution in [1.82, 2.24) is 5.32 Å². The Kier molecular flexibility index (Phi) is 4.66. The molecule has 1 amide bonds. The summed E-state index contributed by atoms with van der Waals surface area (Å²) < 4.78 is 31.0. The predicted octanol–water partition coefficient (Wildman–Crippen LogP) is 1.42. The molecule has 1 atom stereocenters. The standard InChI is InChI=1S/C13H13F2NO4S/c14-8-1-2-10(9(15)5-8)20-6-11(17)16-13(12(18)19)3-4-21-7-13/h1-2,5H,3-4,6-7H2,(H,16,17)(H,18,19). The van der Waals surface area contributed by atoms with E-state index in [0.29, 0.717) is 18.2 Å². The Balaban J connectivity index is 1.94. The number of hydrogen-bond acceptors (Lipinski definition) is 4. The van der Waals surface area contributed by atoms with Gasteiger partial charge < -0.3 is 15.2 Å². The lowest BCUT2D eigenvalue weighted by atomic mass is 9.99. The zero-order chi connectivity index (χ0) is 15.5. The molecule has 1 saturated heterocycles. The first-order chi connectivity index (χ1) is 9.93. The number of carbonyl (C=O) groups is 2. The highest BCUT2D eigenvalue weighted by Gasteiger charge is 2.43. The van der Waals surface area contributed by atoms with Crippen LogP contribution in [-0.2, 0) is 9.59 Å². The molecular weight excluding hydrogens is 304 g/mol. The van der Waals surface area contributed by atoms with Crippen LogP contribution in [0.25, 0.3) is 0 Å². The van der Waals surface area contributed by atoms with Gasteiger partial charge in [-0.25, -0.2) is 13.6 Å². The minimum Gasteiger partial charge on any atom is -0.481 e. The van der Waals surface area contributed by atoms with E-state index in [-0.39, 0.29) is 11.5 Å². The third kappa shape index (κ3) is 3.63. The van der Waals surface area contributed by atoms with Gasteiger partial charge in [-0.3, -0.25) is 4.79 Å². The minimum absolute atomic E-state index is 0.267. The molecule has 114 valence electrons. The van der Waals surface area contributed by atoms with Crippen LogP contribution in [0, 0.1) is 11.6 Å². The van der Waals surface area contributed by atoms with Crippen molar-refractivity contribution in [3.05, 3.63) is 29.8 Å². The third-order valence-corrected chi connectivity index (χ3v) is 4.25. The van der Waals surface area contributed by atoms with Gasteiger partial charge in [0.1, 0.15) is 11.4 Å². The van der Waals surface area contributed by atoms with Gasteiger partial charge in [0, 0.05) is 11.8 Å². The number of ether oxygens (including phenoxy) is 1. The van der Waals surface area contributed by atoms with Crippen LogP contribution < -0.4 is 10.1 Å². The summed E-state index contributed by atoms with van der Waals surface area (Å²) in [5.74, 6) is -2.79. The molecule has 1 heterocycles. The van der Waals surface area contributed by atoms with Crippen LogP contribution in [0.1, 0.15) is 6.42 Å². The highest BCUT2D eigenvalue weighted by Crippen LogP contribution is 2.28. The third-order valence-electron chi connectivity index (χ3n) is 3.06. The molecule has 1 aliphatic heterocycles. The number of aliphatic carboxylic acids is 1. The Morgan fingerprint density at radius 1 is 1.43 bits per heavy atom. The Morgan fingerprint density at radius 2 is 2.19 bits per heavy atom. The molecule has 1 aromatic rings. The maximum atomic E-state index is 13.3. The first-order valence-electron chi connectivity index (χ1n) is 6.13. The molecule has 2 N–H and O–H groups in total. The minimum atomic E-state index is -1.30. The second-order valence-corrected chi connectivity index (χ2v) is 5.71. The molecule has 1 unspecified atom stereocenters. The highest BCUT2D eigenvalue weighted by atomic mass is 32.2. The number of halogens is 2. The molecule has 1 aliphatic rings. The average molecular weight is 317 g/mol. The number of rotatable bonds is 5. The lowest BCUT2D eigenvalue weighted by Gasteiger charge is -2.24. The summed E-state index contributed by atoms with van der Waals surface area (Å²) >= 11 is 1.43. The number of carbonyl (C=O) groups excluding carboxylic acids is 1. The van der Waals surface area contributed by atoms with Gasteiger partial charge in [0.15, 0.2) is 18.2 Å². The number of nitrogens with one attached hydrogen (secondary N) is 1. The number of amides is 1. The largest absolute Gasteiger partial charge is 0.481 e. The number of hydrogen-bond donors (Lipinski definition) is 2. The van der Waals surface area contributed by atoms with Gasteiger partial charge >= 0.3 is 5.97 Å². The van der Waals surface area contributed by atoms with Gasteiger partial charge in [0.25, 0.3) is 5.91 Å². The number of benzene rings is 1. The lowest BCUT2D eigenvalue weighted by Crippen LogP contribution is -2.55. The summed E-state index contributed by atoms with van der Waals surface area (Å²) in [4.78, 5) is 23.0. The highest BCUT2D eigenvalue weighted by molar-refractivity contribution is 7.99. The zero-order valence-electron chi connectivity index (χ0n) is 10.9. The maximum absolute atomic E-state index is 13.3. The first-order valence-corrected chi connectivity index (χ1v) is 7.28. The molecule has 0 bridgehead atoms. The fourth-order valence-corrected chi connectivity index (χ4v) is 3.25. The normalized spacial score (nSPS) is 21.0. The SMILES string of the molecule is O=C(COc1ccc(F)cc1F)NC1(C(=O)O)CCSC1. The van der Waals surface area contributed by atoms with Gasteiger partial charge in [-0.1, -0.05) is 0 Å². The van der Waals surface area contributed by atoms with E-state index in [0.717, 1.165) is 12.1 Å². The Hall–Kier alpha value is -1.83. The molecule has 0 aromatic heterocycles. The number of carboxylic acid groups (broad SMARTS) is 1. The van der Waals surface area contributed by atoms with E-state index in [1.165, 1.54) is 11.8 Å². The van der Waals surface area contributed by atoms with E-state index < -0.39 is 35.7 Å². The molecule has 21 heavy (non-hydrogen) atoms. The van der Waals surface area contributed by atoms with Gasteiger partial charge in [-0.2, -0.15) is 11.8 Å².